The van der Waals surface area contributed by atoms with Gasteiger partial charge in [0.05, 0.1) is 10.0 Å². The number of benzene rings is 1. The molecule has 2 aromatic heterocycles. The van der Waals surface area contributed by atoms with Crippen LogP contribution in [0.4, 0.5) is 5.82 Å². The highest BCUT2D eigenvalue weighted by Gasteiger charge is 2.16. The largest absolute Gasteiger partial charge is 0.450 e. The minimum absolute atomic E-state index is 0.0345. The zero-order valence-electron chi connectivity index (χ0n) is 12.4. The molecule has 25 heavy (non-hydrogen) atoms. The number of pyridine rings is 1. The molecule has 1 N–H and O–H groups in total. The van der Waals surface area contributed by atoms with E-state index in [1.165, 1.54) is 18.3 Å². The maximum Gasteiger partial charge on any atom is 0.374 e. The molecule has 6 nitrogen and oxygen atoms in total. The topological polar surface area (TPSA) is 81.4 Å². The standard InChI is InChI=1S/C16H9Cl3N2O4/c17-9-1-2-12-8(3-9)4-13(25-12)16(23)24-7-14(22)21-15-11(19)5-10(18)6-20-15/h1-6H,7H2,(H,20,21,22). The number of rotatable bonds is 4. The van der Waals surface area contributed by atoms with Crippen molar-refractivity contribution in [2.75, 3.05) is 11.9 Å². The van der Waals surface area contributed by atoms with Crippen molar-refractivity contribution in [3.05, 3.63) is 57.4 Å². The Morgan fingerprint density at radius 2 is 1.92 bits per heavy atom. The number of halogens is 3. The molecule has 1 aromatic carbocycles. The van der Waals surface area contributed by atoms with E-state index in [1.54, 1.807) is 18.2 Å². The van der Waals surface area contributed by atoms with E-state index in [2.05, 4.69) is 10.3 Å². The highest BCUT2D eigenvalue weighted by molar-refractivity contribution is 6.36. The van der Waals surface area contributed by atoms with Crippen LogP contribution in [0.1, 0.15) is 10.6 Å². The summed E-state index contributed by atoms with van der Waals surface area (Å²) in [7, 11) is 0. The molecular formula is C16H9Cl3N2O4. The minimum atomic E-state index is -0.780. The van der Waals surface area contributed by atoms with Gasteiger partial charge in [-0.15, -0.1) is 0 Å². The molecule has 0 atom stereocenters. The minimum Gasteiger partial charge on any atom is -0.450 e. The van der Waals surface area contributed by atoms with Crippen LogP contribution in [0.5, 0.6) is 0 Å². The van der Waals surface area contributed by atoms with Gasteiger partial charge < -0.3 is 14.5 Å². The molecule has 3 aromatic rings. The summed E-state index contributed by atoms with van der Waals surface area (Å²) in [5.41, 5.74) is 0.484. The van der Waals surface area contributed by atoms with E-state index >= 15 is 0 Å². The summed E-state index contributed by atoms with van der Waals surface area (Å²) in [4.78, 5) is 27.7. The molecule has 2 heterocycles. The van der Waals surface area contributed by atoms with E-state index in [-0.39, 0.29) is 16.6 Å². The van der Waals surface area contributed by atoms with Crippen molar-refractivity contribution in [2.24, 2.45) is 0 Å². The molecule has 0 bridgehead atoms. The first-order valence-corrected chi connectivity index (χ1v) is 8.03. The first kappa shape index (κ1) is 17.5. The molecule has 0 fully saturated rings. The second kappa shape index (κ2) is 7.31. The zero-order chi connectivity index (χ0) is 18.0. The van der Waals surface area contributed by atoms with Crippen molar-refractivity contribution in [1.29, 1.82) is 0 Å². The van der Waals surface area contributed by atoms with Gasteiger partial charge >= 0.3 is 5.97 Å². The first-order valence-electron chi connectivity index (χ1n) is 6.89. The van der Waals surface area contributed by atoms with Gasteiger partial charge in [-0.3, -0.25) is 4.79 Å². The number of hydrogen-bond donors (Lipinski definition) is 1. The van der Waals surface area contributed by atoms with E-state index in [1.807, 2.05) is 0 Å². The van der Waals surface area contributed by atoms with Gasteiger partial charge in [0, 0.05) is 16.6 Å². The predicted molar refractivity (Wildman–Crippen MR) is 94.4 cm³/mol. The monoisotopic (exact) mass is 398 g/mol. The van der Waals surface area contributed by atoms with Gasteiger partial charge in [-0.05, 0) is 30.3 Å². The fourth-order valence-corrected chi connectivity index (χ4v) is 2.60. The number of ether oxygens (including phenoxy) is 1. The molecule has 0 saturated carbocycles. The molecule has 9 heteroatoms. The fraction of sp³-hybridized carbons (Fsp3) is 0.0625. The molecule has 0 radical (unpaired) electrons. The van der Waals surface area contributed by atoms with Crippen LogP contribution in [0.3, 0.4) is 0 Å². The molecule has 0 saturated heterocycles. The lowest BCUT2D eigenvalue weighted by Crippen LogP contribution is -2.21. The number of amides is 1. The maximum absolute atomic E-state index is 12.0. The Morgan fingerprint density at radius 1 is 1.12 bits per heavy atom. The molecule has 0 aliphatic heterocycles. The molecular weight excluding hydrogens is 391 g/mol. The van der Waals surface area contributed by atoms with Gasteiger partial charge in [-0.25, -0.2) is 9.78 Å². The number of carbonyl (C=O) groups excluding carboxylic acids is 2. The number of hydrogen-bond acceptors (Lipinski definition) is 5. The van der Waals surface area contributed by atoms with Crippen LogP contribution in [-0.2, 0) is 9.53 Å². The quantitative estimate of drug-likeness (QED) is 0.649. The number of nitrogens with zero attached hydrogens (tertiary/aromatic N) is 1. The van der Waals surface area contributed by atoms with Gasteiger partial charge in [-0.2, -0.15) is 0 Å². The van der Waals surface area contributed by atoms with Gasteiger partial charge in [0.1, 0.15) is 5.58 Å². The highest BCUT2D eigenvalue weighted by atomic mass is 35.5. The summed E-state index contributed by atoms with van der Waals surface area (Å²) in [6, 6.07) is 7.84. The lowest BCUT2D eigenvalue weighted by molar-refractivity contribution is -0.119. The third kappa shape index (κ3) is 4.22. The first-order chi connectivity index (χ1) is 11.9. The fourth-order valence-electron chi connectivity index (χ4n) is 1.99. The van der Waals surface area contributed by atoms with Gasteiger partial charge in [0.15, 0.2) is 12.4 Å². The number of fused-ring (bicyclic) bond motifs is 1. The molecule has 0 aliphatic rings. The summed E-state index contributed by atoms with van der Waals surface area (Å²) in [6.07, 6.45) is 1.33. The average Bonchev–Trinajstić information content (AvgIpc) is 2.98. The zero-order valence-corrected chi connectivity index (χ0v) is 14.7. The highest BCUT2D eigenvalue weighted by Crippen LogP contribution is 2.24. The predicted octanol–water partition coefficient (Wildman–Crippen LogP) is 4.58. The van der Waals surface area contributed by atoms with Crippen molar-refractivity contribution in [3.63, 3.8) is 0 Å². The van der Waals surface area contributed by atoms with E-state index in [9.17, 15) is 9.59 Å². The van der Waals surface area contributed by atoms with Crippen LogP contribution in [0.25, 0.3) is 11.0 Å². The van der Waals surface area contributed by atoms with Gasteiger partial charge in [-0.1, -0.05) is 34.8 Å². The van der Waals surface area contributed by atoms with E-state index in [0.717, 1.165) is 0 Å². The van der Waals surface area contributed by atoms with Crippen molar-refractivity contribution in [1.82, 2.24) is 4.98 Å². The summed E-state index contributed by atoms with van der Waals surface area (Å²) >= 11 is 17.5. The summed E-state index contributed by atoms with van der Waals surface area (Å²) < 4.78 is 10.3. The van der Waals surface area contributed by atoms with E-state index < -0.39 is 18.5 Å². The SMILES string of the molecule is O=C(COC(=O)c1cc2cc(Cl)ccc2o1)Nc1ncc(Cl)cc1Cl. The number of esters is 1. The Labute approximate surface area is 156 Å². The smallest absolute Gasteiger partial charge is 0.374 e. The lowest BCUT2D eigenvalue weighted by atomic mass is 10.2. The van der Waals surface area contributed by atoms with E-state index in [0.29, 0.717) is 21.0 Å². The number of aromatic nitrogens is 1. The number of anilines is 1. The van der Waals surface area contributed by atoms with Crippen LogP contribution >= 0.6 is 34.8 Å². The molecule has 128 valence electrons. The van der Waals surface area contributed by atoms with Crippen LogP contribution in [0.15, 0.2) is 40.9 Å². The Balaban J connectivity index is 1.61. The summed E-state index contributed by atoms with van der Waals surface area (Å²) in [5.74, 6) is -1.31. The number of furan rings is 1. The van der Waals surface area contributed by atoms with Crippen molar-refractivity contribution in [2.45, 2.75) is 0 Å². The Hall–Kier alpha value is -2.28. The second-order valence-electron chi connectivity index (χ2n) is 4.90. The summed E-state index contributed by atoms with van der Waals surface area (Å²) in [6.45, 7) is -0.530. The Morgan fingerprint density at radius 3 is 2.68 bits per heavy atom. The third-order valence-corrected chi connectivity index (χ3v) is 3.81. The Bertz CT molecular complexity index is 971. The summed E-state index contributed by atoms with van der Waals surface area (Å²) in [5, 5.41) is 4.08. The molecule has 0 spiro atoms. The lowest BCUT2D eigenvalue weighted by Gasteiger charge is -2.06. The number of carbonyl (C=O) groups is 2. The normalized spacial score (nSPS) is 10.7. The Kier molecular flexibility index (Phi) is 5.13. The van der Waals surface area contributed by atoms with Crippen molar-refractivity contribution >= 4 is 63.5 Å². The molecule has 1 amide bonds. The van der Waals surface area contributed by atoms with E-state index in [4.69, 9.17) is 44.0 Å². The molecule has 0 unspecified atom stereocenters. The maximum atomic E-state index is 12.0. The van der Waals surface area contributed by atoms with Crippen LogP contribution in [0, 0.1) is 0 Å². The average molecular weight is 400 g/mol. The number of nitrogens with one attached hydrogen (secondary N) is 1. The van der Waals surface area contributed by atoms with Crippen molar-refractivity contribution in [3.8, 4) is 0 Å². The molecule has 0 aliphatic carbocycles. The second-order valence-corrected chi connectivity index (χ2v) is 6.18. The van der Waals surface area contributed by atoms with Crippen LogP contribution in [0.2, 0.25) is 15.1 Å². The molecule has 3 rings (SSSR count). The van der Waals surface area contributed by atoms with Crippen LogP contribution in [-0.4, -0.2) is 23.5 Å². The van der Waals surface area contributed by atoms with Gasteiger partial charge in [0.25, 0.3) is 5.91 Å². The van der Waals surface area contributed by atoms with Crippen molar-refractivity contribution < 1.29 is 18.7 Å². The third-order valence-electron chi connectivity index (χ3n) is 3.08. The van der Waals surface area contributed by atoms with Crippen LogP contribution < -0.4 is 5.32 Å². The van der Waals surface area contributed by atoms with Gasteiger partial charge in [0.2, 0.25) is 5.76 Å².